The molecule has 0 aliphatic rings. The summed E-state index contributed by atoms with van der Waals surface area (Å²) in [6, 6.07) is 14.3. The third kappa shape index (κ3) is 3.87. The van der Waals surface area contributed by atoms with Gasteiger partial charge in [0.05, 0.1) is 6.61 Å². The Labute approximate surface area is 132 Å². The SMILES string of the molecule is CCOc1ccc(C)cc1S(=O)(=O)N[C@H](C)c1ccccc1. The summed E-state index contributed by atoms with van der Waals surface area (Å²) in [4.78, 5) is 0.178. The smallest absolute Gasteiger partial charge is 0.244 e. The third-order valence-electron chi connectivity index (χ3n) is 3.32. The number of rotatable bonds is 6. The number of benzene rings is 2. The minimum Gasteiger partial charge on any atom is -0.492 e. The van der Waals surface area contributed by atoms with E-state index in [1.807, 2.05) is 57.2 Å². The summed E-state index contributed by atoms with van der Waals surface area (Å²) in [6.45, 7) is 5.93. The molecule has 4 nitrogen and oxygen atoms in total. The van der Waals surface area contributed by atoms with Crippen LogP contribution in [0.2, 0.25) is 0 Å². The van der Waals surface area contributed by atoms with Gasteiger partial charge in [0.25, 0.3) is 0 Å². The molecule has 0 aliphatic heterocycles. The average Bonchev–Trinajstić information content (AvgIpc) is 2.49. The number of hydrogen-bond donors (Lipinski definition) is 1. The highest BCUT2D eigenvalue weighted by atomic mass is 32.2. The van der Waals surface area contributed by atoms with Crippen molar-refractivity contribution < 1.29 is 13.2 Å². The van der Waals surface area contributed by atoms with Gasteiger partial charge in [0.15, 0.2) is 0 Å². The molecule has 2 aromatic rings. The quantitative estimate of drug-likeness (QED) is 0.887. The Morgan fingerprint density at radius 3 is 2.45 bits per heavy atom. The van der Waals surface area contributed by atoms with E-state index in [9.17, 15) is 8.42 Å². The molecule has 0 saturated carbocycles. The molecule has 0 aromatic heterocycles. The van der Waals surface area contributed by atoms with E-state index in [0.717, 1.165) is 11.1 Å². The summed E-state index contributed by atoms with van der Waals surface area (Å²) >= 11 is 0. The van der Waals surface area contributed by atoms with Crippen molar-refractivity contribution in [1.29, 1.82) is 0 Å². The summed E-state index contributed by atoms with van der Waals surface area (Å²) in [5, 5.41) is 0. The van der Waals surface area contributed by atoms with Crippen LogP contribution in [0.3, 0.4) is 0 Å². The molecule has 2 rings (SSSR count). The van der Waals surface area contributed by atoms with Crippen LogP contribution >= 0.6 is 0 Å². The van der Waals surface area contributed by atoms with Gasteiger partial charge in [-0.15, -0.1) is 0 Å². The van der Waals surface area contributed by atoms with Gasteiger partial charge in [-0.1, -0.05) is 36.4 Å². The normalized spacial score (nSPS) is 12.9. The first-order valence-electron chi connectivity index (χ1n) is 7.24. The van der Waals surface area contributed by atoms with E-state index in [2.05, 4.69) is 4.72 Å². The van der Waals surface area contributed by atoms with Gasteiger partial charge in [-0.05, 0) is 44.0 Å². The zero-order valence-corrected chi connectivity index (χ0v) is 13.9. The van der Waals surface area contributed by atoms with Crippen molar-refractivity contribution in [2.45, 2.75) is 31.7 Å². The molecule has 22 heavy (non-hydrogen) atoms. The summed E-state index contributed by atoms with van der Waals surface area (Å²) in [6.07, 6.45) is 0. The van der Waals surface area contributed by atoms with Gasteiger partial charge in [-0.2, -0.15) is 0 Å². The van der Waals surface area contributed by atoms with Crippen LogP contribution in [0.5, 0.6) is 5.75 Å². The Bertz CT molecular complexity index is 727. The van der Waals surface area contributed by atoms with Crippen molar-refractivity contribution in [3.63, 3.8) is 0 Å². The molecule has 5 heteroatoms. The van der Waals surface area contributed by atoms with Crippen LogP contribution < -0.4 is 9.46 Å². The number of ether oxygens (including phenoxy) is 1. The molecule has 0 spiro atoms. The molecule has 118 valence electrons. The lowest BCUT2D eigenvalue weighted by molar-refractivity contribution is 0.331. The summed E-state index contributed by atoms with van der Waals surface area (Å²) < 4.78 is 33.5. The highest BCUT2D eigenvalue weighted by Gasteiger charge is 2.22. The lowest BCUT2D eigenvalue weighted by atomic mass is 10.1. The van der Waals surface area contributed by atoms with Gasteiger partial charge in [-0.25, -0.2) is 13.1 Å². The summed E-state index contributed by atoms with van der Waals surface area (Å²) in [5.41, 5.74) is 1.79. The van der Waals surface area contributed by atoms with Crippen molar-refractivity contribution in [3.05, 3.63) is 59.7 Å². The average molecular weight is 319 g/mol. The molecule has 2 aromatic carbocycles. The topological polar surface area (TPSA) is 55.4 Å². The first-order valence-corrected chi connectivity index (χ1v) is 8.73. The highest BCUT2D eigenvalue weighted by molar-refractivity contribution is 7.89. The number of hydrogen-bond acceptors (Lipinski definition) is 3. The van der Waals surface area contributed by atoms with Crippen LogP contribution in [0.1, 0.15) is 31.0 Å². The molecule has 0 bridgehead atoms. The second-order valence-corrected chi connectivity index (χ2v) is 6.82. The van der Waals surface area contributed by atoms with Crippen molar-refractivity contribution >= 4 is 10.0 Å². The fraction of sp³-hybridized carbons (Fsp3) is 0.294. The fourth-order valence-electron chi connectivity index (χ4n) is 2.21. The molecule has 0 unspecified atom stereocenters. The predicted molar refractivity (Wildman–Crippen MR) is 87.5 cm³/mol. The largest absolute Gasteiger partial charge is 0.492 e. The molecule has 0 radical (unpaired) electrons. The monoisotopic (exact) mass is 319 g/mol. The van der Waals surface area contributed by atoms with Gasteiger partial charge in [0, 0.05) is 6.04 Å². The van der Waals surface area contributed by atoms with E-state index in [-0.39, 0.29) is 10.9 Å². The Balaban J connectivity index is 2.32. The summed E-state index contributed by atoms with van der Waals surface area (Å²) in [5.74, 6) is 0.376. The van der Waals surface area contributed by atoms with Crippen LogP contribution in [-0.2, 0) is 10.0 Å². The second kappa shape index (κ2) is 6.94. The molecule has 0 aliphatic carbocycles. The van der Waals surface area contributed by atoms with Crippen LogP contribution in [0.4, 0.5) is 0 Å². The van der Waals surface area contributed by atoms with E-state index in [1.165, 1.54) is 0 Å². The molecule has 1 N–H and O–H groups in total. The van der Waals surface area contributed by atoms with Crippen molar-refractivity contribution in [2.24, 2.45) is 0 Å². The molecular formula is C17H21NO3S. The second-order valence-electron chi connectivity index (χ2n) is 5.14. The van der Waals surface area contributed by atoms with Crippen molar-refractivity contribution in [3.8, 4) is 5.75 Å². The van der Waals surface area contributed by atoms with E-state index >= 15 is 0 Å². The maximum Gasteiger partial charge on any atom is 0.244 e. The van der Waals surface area contributed by atoms with Gasteiger partial charge in [0.1, 0.15) is 10.6 Å². The van der Waals surface area contributed by atoms with Crippen LogP contribution in [0.15, 0.2) is 53.4 Å². The molecule has 0 amide bonds. The van der Waals surface area contributed by atoms with E-state index < -0.39 is 10.0 Å². The van der Waals surface area contributed by atoms with Crippen molar-refractivity contribution in [2.75, 3.05) is 6.61 Å². The van der Waals surface area contributed by atoms with Gasteiger partial charge in [0.2, 0.25) is 10.0 Å². The van der Waals surface area contributed by atoms with Gasteiger partial charge in [-0.3, -0.25) is 0 Å². The standard InChI is InChI=1S/C17H21NO3S/c1-4-21-16-11-10-13(2)12-17(16)22(19,20)18-14(3)15-8-6-5-7-9-15/h5-12,14,18H,4H2,1-3H3/t14-/m1/s1. The van der Waals surface area contributed by atoms with Crippen LogP contribution in [-0.4, -0.2) is 15.0 Å². The van der Waals surface area contributed by atoms with Gasteiger partial charge < -0.3 is 4.74 Å². The van der Waals surface area contributed by atoms with E-state index in [1.54, 1.807) is 12.1 Å². The molecule has 0 heterocycles. The van der Waals surface area contributed by atoms with Gasteiger partial charge >= 0.3 is 0 Å². The number of nitrogens with one attached hydrogen (secondary N) is 1. The first kappa shape index (κ1) is 16.5. The third-order valence-corrected chi connectivity index (χ3v) is 4.88. The minimum absolute atomic E-state index is 0.178. The predicted octanol–water partition coefficient (Wildman–Crippen LogP) is 3.43. The Kier molecular flexibility index (Phi) is 5.21. The van der Waals surface area contributed by atoms with Crippen LogP contribution in [0, 0.1) is 6.92 Å². The number of aryl methyl sites for hydroxylation is 1. The zero-order chi connectivity index (χ0) is 16.2. The Morgan fingerprint density at radius 2 is 1.82 bits per heavy atom. The number of sulfonamides is 1. The maximum atomic E-state index is 12.7. The minimum atomic E-state index is -3.66. The highest BCUT2D eigenvalue weighted by Crippen LogP contribution is 2.26. The van der Waals surface area contributed by atoms with E-state index in [0.29, 0.717) is 12.4 Å². The molecule has 0 fully saturated rings. The van der Waals surface area contributed by atoms with Crippen LogP contribution in [0.25, 0.3) is 0 Å². The molecule has 0 saturated heterocycles. The zero-order valence-electron chi connectivity index (χ0n) is 13.0. The summed E-state index contributed by atoms with van der Waals surface area (Å²) in [7, 11) is -3.66. The molecule has 1 atom stereocenters. The fourth-order valence-corrected chi connectivity index (χ4v) is 3.67. The lowest BCUT2D eigenvalue weighted by Crippen LogP contribution is -2.27. The lowest BCUT2D eigenvalue weighted by Gasteiger charge is -2.17. The Morgan fingerprint density at radius 1 is 1.14 bits per heavy atom. The van der Waals surface area contributed by atoms with E-state index in [4.69, 9.17) is 4.74 Å². The first-order chi connectivity index (χ1) is 10.4. The Hall–Kier alpha value is -1.85. The van der Waals surface area contributed by atoms with Crippen molar-refractivity contribution in [1.82, 2.24) is 4.72 Å². The maximum absolute atomic E-state index is 12.7. The molecular weight excluding hydrogens is 298 g/mol.